The van der Waals surface area contributed by atoms with Gasteiger partial charge in [-0.15, -0.1) is 12.4 Å². The number of rotatable bonds is 7. The number of nitrogens with one attached hydrogen (secondary N) is 2. The summed E-state index contributed by atoms with van der Waals surface area (Å²) in [5.74, 6) is 1.06. The summed E-state index contributed by atoms with van der Waals surface area (Å²) in [6.07, 6.45) is 0. The molecule has 0 bridgehead atoms. The van der Waals surface area contributed by atoms with Gasteiger partial charge in [-0.25, -0.2) is 0 Å². The van der Waals surface area contributed by atoms with Crippen LogP contribution in [-0.4, -0.2) is 45.9 Å². The Morgan fingerprint density at radius 1 is 1.35 bits per heavy atom. The van der Waals surface area contributed by atoms with Crippen LogP contribution in [0.5, 0.6) is 5.75 Å². The number of benzene rings is 1. The average Bonchev–Trinajstić information content (AvgIpc) is 2.37. The van der Waals surface area contributed by atoms with Crippen LogP contribution in [0.25, 0.3) is 0 Å². The van der Waals surface area contributed by atoms with E-state index in [1.807, 2.05) is 12.1 Å². The van der Waals surface area contributed by atoms with Crippen LogP contribution in [0.4, 0.5) is 0 Å². The maximum atomic E-state index is 12.1. The Kier molecular flexibility index (Phi) is 7.36. The van der Waals surface area contributed by atoms with E-state index in [0.29, 0.717) is 37.0 Å². The summed E-state index contributed by atoms with van der Waals surface area (Å²) in [6, 6.07) is 7.27. The topological polar surface area (TPSA) is 59.6 Å². The summed E-state index contributed by atoms with van der Waals surface area (Å²) < 4.78 is 10.5. The minimum atomic E-state index is -0.0834. The van der Waals surface area contributed by atoms with Crippen molar-refractivity contribution in [2.24, 2.45) is 5.92 Å². The fourth-order valence-corrected chi connectivity index (χ4v) is 1.84. The van der Waals surface area contributed by atoms with Crippen molar-refractivity contribution in [3.8, 4) is 5.75 Å². The van der Waals surface area contributed by atoms with Crippen LogP contribution in [0.2, 0.25) is 0 Å². The highest BCUT2D eigenvalue weighted by Gasteiger charge is 2.18. The van der Waals surface area contributed by atoms with Crippen molar-refractivity contribution in [3.05, 3.63) is 29.8 Å². The SMILES string of the molecule is COCCOc1ccccc1C(=O)NCC1CNC1.Cl. The molecule has 5 nitrogen and oxygen atoms in total. The fraction of sp³-hybridized carbons (Fsp3) is 0.500. The van der Waals surface area contributed by atoms with Crippen molar-refractivity contribution in [1.29, 1.82) is 0 Å². The van der Waals surface area contributed by atoms with Crippen LogP contribution in [0.1, 0.15) is 10.4 Å². The van der Waals surface area contributed by atoms with Gasteiger partial charge >= 0.3 is 0 Å². The number of methoxy groups -OCH3 is 1. The molecule has 1 amide bonds. The van der Waals surface area contributed by atoms with E-state index in [1.54, 1.807) is 19.2 Å². The van der Waals surface area contributed by atoms with Gasteiger partial charge in [0.25, 0.3) is 5.91 Å². The van der Waals surface area contributed by atoms with Crippen molar-refractivity contribution in [2.45, 2.75) is 0 Å². The van der Waals surface area contributed by atoms with Crippen LogP contribution >= 0.6 is 12.4 Å². The van der Waals surface area contributed by atoms with Crippen LogP contribution in [0.15, 0.2) is 24.3 Å². The maximum absolute atomic E-state index is 12.1. The highest BCUT2D eigenvalue weighted by atomic mass is 35.5. The Morgan fingerprint density at radius 2 is 2.10 bits per heavy atom. The second-order valence-corrected chi connectivity index (χ2v) is 4.57. The van der Waals surface area contributed by atoms with Crippen LogP contribution in [-0.2, 0) is 4.74 Å². The van der Waals surface area contributed by atoms with Crippen molar-refractivity contribution >= 4 is 18.3 Å². The van der Waals surface area contributed by atoms with Crippen molar-refractivity contribution in [3.63, 3.8) is 0 Å². The molecule has 0 atom stereocenters. The van der Waals surface area contributed by atoms with Crippen molar-refractivity contribution in [2.75, 3.05) is 40.0 Å². The number of ether oxygens (including phenoxy) is 2. The molecule has 20 heavy (non-hydrogen) atoms. The first kappa shape index (κ1) is 16.8. The molecule has 1 aliphatic rings. The van der Waals surface area contributed by atoms with E-state index in [-0.39, 0.29) is 18.3 Å². The number of carbonyl (C=O) groups excluding carboxylic acids is 1. The van der Waals surface area contributed by atoms with Gasteiger partial charge in [-0.05, 0) is 12.1 Å². The zero-order chi connectivity index (χ0) is 13.5. The number of hydrogen-bond acceptors (Lipinski definition) is 4. The van der Waals surface area contributed by atoms with E-state index in [4.69, 9.17) is 9.47 Å². The molecule has 0 aliphatic carbocycles. The van der Waals surface area contributed by atoms with Gasteiger partial charge in [0.1, 0.15) is 12.4 Å². The summed E-state index contributed by atoms with van der Waals surface area (Å²) in [4.78, 5) is 12.1. The van der Waals surface area contributed by atoms with Gasteiger partial charge in [-0.3, -0.25) is 4.79 Å². The molecule has 1 aromatic carbocycles. The Bertz CT molecular complexity index is 425. The average molecular weight is 301 g/mol. The number of halogens is 1. The van der Waals surface area contributed by atoms with Crippen LogP contribution in [0.3, 0.4) is 0 Å². The molecule has 1 aliphatic heterocycles. The van der Waals surface area contributed by atoms with E-state index >= 15 is 0 Å². The van der Waals surface area contributed by atoms with Gasteiger partial charge in [0.2, 0.25) is 0 Å². The largest absolute Gasteiger partial charge is 0.490 e. The molecular formula is C14H21ClN2O3. The number of para-hydroxylation sites is 1. The summed E-state index contributed by atoms with van der Waals surface area (Å²) >= 11 is 0. The summed E-state index contributed by atoms with van der Waals surface area (Å²) in [5.41, 5.74) is 0.575. The van der Waals surface area contributed by atoms with Gasteiger partial charge in [0, 0.05) is 32.7 Å². The Balaban J connectivity index is 0.00000200. The van der Waals surface area contributed by atoms with Crippen molar-refractivity contribution < 1.29 is 14.3 Å². The normalized spacial score (nSPS) is 14.1. The van der Waals surface area contributed by atoms with E-state index in [0.717, 1.165) is 13.1 Å². The second-order valence-electron chi connectivity index (χ2n) is 4.57. The molecule has 2 N–H and O–H groups in total. The molecule has 0 spiro atoms. The molecule has 0 saturated carbocycles. The van der Waals surface area contributed by atoms with E-state index in [2.05, 4.69) is 10.6 Å². The first-order valence-corrected chi connectivity index (χ1v) is 6.51. The lowest BCUT2D eigenvalue weighted by Gasteiger charge is -2.27. The quantitative estimate of drug-likeness (QED) is 0.740. The smallest absolute Gasteiger partial charge is 0.255 e. The van der Waals surface area contributed by atoms with Gasteiger partial charge in [-0.1, -0.05) is 12.1 Å². The molecule has 0 radical (unpaired) electrons. The molecule has 1 heterocycles. The van der Waals surface area contributed by atoms with Gasteiger partial charge in [-0.2, -0.15) is 0 Å². The molecule has 0 aromatic heterocycles. The summed E-state index contributed by atoms with van der Waals surface area (Å²) in [7, 11) is 1.62. The number of amides is 1. The Hall–Kier alpha value is -1.30. The predicted molar refractivity (Wildman–Crippen MR) is 79.8 cm³/mol. The predicted octanol–water partition coefficient (Wildman–Crippen LogP) is 1.08. The summed E-state index contributed by atoms with van der Waals surface area (Å²) in [5, 5.41) is 6.12. The molecule has 2 rings (SSSR count). The minimum absolute atomic E-state index is 0. The molecule has 0 unspecified atom stereocenters. The van der Waals surface area contributed by atoms with E-state index < -0.39 is 0 Å². The Labute approximate surface area is 125 Å². The van der Waals surface area contributed by atoms with E-state index in [9.17, 15) is 4.79 Å². The first-order chi connectivity index (χ1) is 9.31. The standard InChI is InChI=1S/C14H20N2O3.ClH/c1-18-6-7-19-13-5-3-2-4-12(13)14(17)16-10-11-8-15-9-11;/h2-5,11,15H,6-10H2,1H3,(H,16,17);1H. The molecular weight excluding hydrogens is 280 g/mol. The molecule has 1 aromatic rings. The van der Waals surface area contributed by atoms with E-state index in [1.165, 1.54) is 0 Å². The zero-order valence-electron chi connectivity index (χ0n) is 11.6. The van der Waals surface area contributed by atoms with Crippen LogP contribution in [0, 0.1) is 5.92 Å². The lowest BCUT2D eigenvalue weighted by atomic mass is 10.0. The lowest BCUT2D eigenvalue weighted by molar-refractivity contribution is 0.0934. The van der Waals surface area contributed by atoms with Gasteiger partial charge < -0.3 is 20.1 Å². The third kappa shape index (κ3) is 4.67. The lowest BCUT2D eigenvalue weighted by Crippen LogP contribution is -2.48. The highest BCUT2D eigenvalue weighted by Crippen LogP contribution is 2.17. The molecule has 1 saturated heterocycles. The number of hydrogen-bond donors (Lipinski definition) is 2. The zero-order valence-corrected chi connectivity index (χ0v) is 12.4. The van der Waals surface area contributed by atoms with Crippen LogP contribution < -0.4 is 15.4 Å². The second kappa shape index (κ2) is 8.79. The van der Waals surface area contributed by atoms with Gasteiger partial charge in [0.15, 0.2) is 0 Å². The monoisotopic (exact) mass is 300 g/mol. The van der Waals surface area contributed by atoms with Gasteiger partial charge in [0.05, 0.1) is 12.2 Å². The highest BCUT2D eigenvalue weighted by molar-refractivity contribution is 5.96. The molecule has 1 fully saturated rings. The third-order valence-corrected chi connectivity index (χ3v) is 3.09. The Morgan fingerprint density at radius 3 is 2.75 bits per heavy atom. The maximum Gasteiger partial charge on any atom is 0.255 e. The molecule has 112 valence electrons. The minimum Gasteiger partial charge on any atom is -0.490 e. The first-order valence-electron chi connectivity index (χ1n) is 6.51. The van der Waals surface area contributed by atoms with Crippen molar-refractivity contribution in [1.82, 2.24) is 10.6 Å². The molecule has 6 heteroatoms. The summed E-state index contributed by atoms with van der Waals surface area (Å²) in [6.45, 7) is 3.60. The fourth-order valence-electron chi connectivity index (χ4n) is 1.84. The number of carbonyl (C=O) groups is 1. The third-order valence-electron chi connectivity index (χ3n) is 3.09.